The minimum absolute atomic E-state index is 0.227. The van der Waals surface area contributed by atoms with Crippen LogP contribution < -0.4 is 10.1 Å². The van der Waals surface area contributed by atoms with E-state index in [0.717, 1.165) is 17.9 Å². The number of hydrogen-bond acceptors (Lipinski definition) is 3. The number of benzene rings is 1. The second kappa shape index (κ2) is 5.47. The molecule has 1 unspecified atom stereocenters. The van der Waals surface area contributed by atoms with Gasteiger partial charge in [-0.3, -0.25) is 0 Å². The van der Waals surface area contributed by atoms with Gasteiger partial charge in [-0.1, -0.05) is 18.5 Å². The molecule has 4 heteroatoms. The highest BCUT2D eigenvalue weighted by atomic mass is 35.5. The topological polar surface area (TPSA) is 45.0 Å². The molecule has 0 heterocycles. The maximum absolute atomic E-state index is 8.82. The average molecular weight is 225 g/mol. The van der Waals surface area contributed by atoms with Crippen molar-refractivity contribution >= 4 is 17.3 Å². The van der Waals surface area contributed by atoms with Crippen molar-refractivity contribution in [3.63, 3.8) is 0 Å². The first-order valence-electron chi connectivity index (χ1n) is 4.71. The number of anilines is 1. The monoisotopic (exact) mass is 224 g/mol. The third-order valence-electron chi connectivity index (χ3n) is 2.07. The van der Waals surface area contributed by atoms with Crippen molar-refractivity contribution in [2.24, 2.45) is 0 Å². The lowest BCUT2D eigenvalue weighted by molar-refractivity contribution is 0.415. The van der Waals surface area contributed by atoms with E-state index < -0.39 is 0 Å². The highest BCUT2D eigenvalue weighted by molar-refractivity contribution is 6.33. The van der Waals surface area contributed by atoms with Crippen LogP contribution in [0.25, 0.3) is 0 Å². The fourth-order valence-corrected chi connectivity index (χ4v) is 1.33. The number of hydrogen-bond donors (Lipinski definition) is 1. The predicted octanol–water partition coefficient (Wildman–Crippen LogP) is 3.06. The summed E-state index contributed by atoms with van der Waals surface area (Å²) in [6.07, 6.45) is 0.726. The molecule has 1 aromatic rings. The van der Waals surface area contributed by atoms with E-state index in [0.29, 0.717) is 5.02 Å². The van der Waals surface area contributed by atoms with E-state index >= 15 is 0 Å². The van der Waals surface area contributed by atoms with Gasteiger partial charge in [0.25, 0.3) is 0 Å². The van der Waals surface area contributed by atoms with Crippen LogP contribution in [0.5, 0.6) is 5.75 Å². The Bertz CT molecular complexity index is 373. The van der Waals surface area contributed by atoms with Gasteiger partial charge in [-0.2, -0.15) is 5.26 Å². The molecule has 1 rings (SSSR count). The highest BCUT2D eigenvalue weighted by Crippen LogP contribution is 2.27. The number of rotatable bonds is 4. The quantitative estimate of drug-likeness (QED) is 0.855. The lowest BCUT2D eigenvalue weighted by Gasteiger charge is -2.13. The average Bonchev–Trinajstić information content (AvgIpc) is 2.28. The molecule has 15 heavy (non-hydrogen) atoms. The predicted molar refractivity (Wildman–Crippen MR) is 61.3 cm³/mol. The Morgan fingerprint density at radius 1 is 1.60 bits per heavy atom. The van der Waals surface area contributed by atoms with Crippen LogP contribution in [0.3, 0.4) is 0 Å². The Morgan fingerprint density at radius 2 is 2.33 bits per heavy atom. The molecule has 0 radical (unpaired) electrons. The maximum atomic E-state index is 8.82. The van der Waals surface area contributed by atoms with Gasteiger partial charge >= 0.3 is 0 Å². The third kappa shape index (κ3) is 3.03. The Kier molecular flexibility index (Phi) is 4.26. The van der Waals surface area contributed by atoms with Gasteiger partial charge in [-0.25, -0.2) is 0 Å². The van der Waals surface area contributed by atoms with Crippen LogP contribution in [0.15, 0.2) is 18.2 Å². The van der Waals surface area contributed by atoms with E-state index in [9.17, 15) is 0 Å². The van der Waals surface area contributed by atoms with Crippen LogP contribution in [0.2, 0.25) is 5.02 Å². The van der Waals surface area contributed by atoms with E-state index in [1.165, 1.54) is 0 Å². The second-order valence-corrected chi connectivity index (χ2v) is 3.49. The van der Waals surface area contributed by atoms with E-state index in [1.807, 2.05) is 6.92 Å². The number of methoxy groups -OCH3 is 1. The van der Waals surface area contributed by atoms with Crippen LogP contribution in [-0.2, 0) is 0 Å². The molecule has 0 saturated carbocycles. The molecule has 0 amide bonds. The Hall–Kier alpha value is -1.40. The van der Waals surface area contributed by atoms with Crippen LogP contribution in [0, 0.1) is 11.3 Å². The number of halogens is 1. The zero-order chi connectivity index (χ0) is 11.3. The molecule has 0 bridgehead atoms. The van der Waals surface area contributed by atoms with Gasteiger partial charge in [0.15, 0.2) is 0 Å². The Labute approximate surface area is 94.6 Å². The first-order valence-corrected chi connectivity index (χ1v) is 5.08. The number of nitriles is 1. The van der Waals surface area contributed by atoms with Crippen molar-refractivity contribution in [3.05, 3.63) is 23.2 Å². The molecule has 0 aromatic heterocycles. The summed E-state index contributed by atoms with van der Waals surface area (Å²) in [5, 5.41) is 12.5. The summed E-state index contributed by atoms with van der Waals surface area (Å²) in [5.41, 5.74) is 0.726. The molecular formula is C11H13ClN2O. The summed E-state index contributed by atoms with van der Waals surface area (Å²) in [6.45, 7) is 1.94. The fourth-order valence-electron chi connectivity index (χ4n) is 1.16. The molecule has 1 atom stereocenters. The fraction of sp³-hybridized carbons (Fsp3) is 0.364. The summed E-state index contributed by atoms with van der Waals surface area (Å²) < 4.78 is 5.08. The second-order valence-electron chi connectivity index (χ2n) is 3.08. The van der Waals surface area contributed by atoms with Gasteiger partial charge in [0, 0.05) is 6.07 Å². The van der Waals surface area contributed by atoms with Gasteiger partial charge in [0.1, 0.15) is 11.8 Å². The summed E-state index contributed by atoms with van der Waals surface area (Å²) in [4.78, 5) is 0. The molecular weight excluding hydrogens is 212 g/mol. The molecule has 1 N–H and O–H groups in total. The van der Waals surface area contributed by atoms with Crippen molar-refractivity contribution in [1.29, 1.82) is 5.26 Å². The summed E-state index contributed by atoms with van der Waals surface area (Å²) in [7, 11) is 1.59. The highest BCUT2D eigenvalue weighted by Gasteiger charge is 2.07. The van der Waals surface area contributed by atoms with Crippen molar-refractivity contribution < 1.29 is 4.74 Å². The zero-order valence-electron chi connectivity index (χ0n) is 8.75. The standard InChI is InChI=1S/C11H13ClN2O/c1-3-8(7-13)14-11-6-9(15-2)4-5-10(11)12/h4-6,8,14H,3H2,1-2H3. The van der Waals surface area contributed by atoms with Crippen LogP contribution >= 0.6 is 11.6 Å². The molecule has 0 aliphatic rings. The Balaban J connectivity index is 2.88. The number of ether oxygens (including phenoxy) is 1. The van der Waals surface area contributed by atoms with Crippen molar-refractivity contribution in [2.45, 2.75) is 19.4 Å². The summed E-state index contributed by atoms with van der Waals surface area (Å²) in [6, 6.07) is 7.23. The molecule has 0 aliphatic carbocycles. The smallest absolute Gasteiger partial charge is 0.121 e. The number of nitrogens with one attached hydrogen (secondary N) is 1. The molecule has 1 aromatic carbocycles. The van der Waals surface area contributed by atoms with Crippen molar-refractivity contribution in [3.8, 4) is 11.8 Å². The lowest BCUT2D eigenvalue weighted by atomic mass is 10.2. The van der Waals surface area contributed by atoms with E-state index in [1.54, 1.807) is 25.3 Å². The van der Waals surface area contributed by atoms with E-state index in [4.69, 9.17) is 21.6 Å². The normalized spacial score (nSPS) is 11.6. The van der Waals surface area contributed by atoms with Crippen LogP contribution in [0.4, 0.5) is 5.69 Å². The van der Waals surface area contributed by atoms with E-state index in [2.05, 4.69) is 11.4 Å². The SMILES string of the molecule is CCC(C#N)Nc1cc(OC)ccc1Cl. The largest absolute Gasteiger partial charge is 0.497 e. The zero-order valence-corrected chi connectivity index (χ0v) is 9.51. The number of nitrogens with zero attached hydrogens (tertiary/aromatic N) is 1. The van der Waals surface area contributed by atoms with Gasteiger partial charge in [-0.15, -0.1) is 0 Å². The first-order chi connectivity index (χ1) is 7.21. The van der Waals surface area contributed by atoms with Crippen LogP contribution in [0.1, 0.15) is 13.3 Å². The minimum Gasteiger partial charge on any atom is -0.497 e. The maximum Gasteiger partial charge on any atom is 0.121 e. The minimum atomic E-state index is -0.227. The molecule has 0 fully saturated rings. The molecule has 80 valence electrons. The first kappa shape index (κ1) is 11.7. The van der Waals surface area contributed by atoms with Gasteiger partial charge < -0.3 is 10.1 Å². The Morgan fingerprint density at radius 3 is 2.87 bits per heavy atom. The molecule has 3 nitrogen and oxygen atoms in total. The molecule has 0 saturated heterocycles. The van der Waals surface area contributed by atoms with Crippen molar-refractivity contribution in [1.82, 2.24) is 0 Å². The summed E-state index contributed by atoms with van der Waals surface area (Å²) in [5.74, 6) is 0.717. The van der Waals surface area contributed by atoms with Gasteiger partial charge in [0.2, 0.25) is 0 Å². The molecule has 0 aliphatic heterocycles. The van der Waals surface area contributed by atoms with Gasteiger partial charge in [-0.05, 0) is 18.6 Å². The lowest BCUT2D eigenvalue weighted by Crippen LogP contribution is -2.15. The molecule has 0 spiro atoms. The van der Waals surface area contributed by atoms with E-state index in [-0.39, 0.29) is 6.04 Å². The van der Waals surface area contributed by atoms with Crippen LogP contribution in [-0.4, -0.2) is 13.2 Å². The third-order valence-corrected chi connectivity index (χ3v) is 2.40. The summed E-state index contributed by atoms with van der Waals surface area (Å²) >= 11 is 5.98. The van der Waals surface area contributed by atoms with Crippen molar-refractivity contribution in [2.75, 3.05) is 12.4 Å². The van der Waals surface area contributed by atoms with Gasteiger partial charge in [0.05, 0.1) is 23.9 Å².